The fourth-order valence-electron chi connectivity index (χ4n) is 2.88. The van der Waals surface area contributed by atoms with Gasteiger partial charge < -0.3 is 5.11 Å². The molecule has 2 fully saturated rings. The Kier molecular flexibility index (Phi) is 4.37. The third-order valence-electron chi connectivity index (χ3n) is 4.18. The van der Waals surface area contributed by atoms with E-state index < -0.39 is 0 Å². The number of piperazine rings is 1. The lowest BCUT2D eigenvalue weighted by atomic mass is 10.1. The van der Waals surface area contributed by atoms with E-state index in [0.29, 0.717) is 0 Å². The molecule has 1 heterocycles. The predicted molar refractivity (Wildman–Crippen MR) is 80.3 cm³/mol. The molecular formula is C17H22N2O. The Morgan fingerprint density at radius 1 is 1.10 bits per heavy atom. The van der Waals surface area contributed by atoms with Gasteiger partial charge in [-0.15, -0.1) is 0 Å². The first-order chi connectivity index (χ1) is 9.86. The van der Waals surface area contributed by atoms with Gasteiger partial charge in [-0.2, -0.15) is 0 Å². The zero-order chi connectivity index (χ0) is 13.8. The molecule has 20 heavy (non-hydrogen) atoms. The molecule has 0 amide bonds. The van der Waals surface area contributed by atoms with Gasteiger partial charge in [0.25, 0.3) is 0 Å². The molecule has 0 bridgehead atoms. The largest absolute Gasteiger partial charge is 0.384 e. The summed E-state index contributed by atoms with van der Waals surface area (Å²) in [6, 6.07) is 9.16. The van der Waals surface area contributed by atoms with Gasteiger partial charge in [0.2, 0.25) is 0 Å². The lowest BCUT2D eigenvalue weighted by Gasteiger charge is -2.35. The molecule has 1 saturated heterocycles. The number of aliphatic hydroxyl groups excluding tert-OH is 1. The molecule has 3 rings (SSSR count). The van der Waals surface area contributed by atoms with E-state index in [2.05, 4.69) is 33.8 Å². The van der Waals surface area contributed by atoms with E-state index in [4.69, 9.17) is 5.11 Å². The molecule has 0 atom stereocenters. The first kappa shape index (κ1) is 13.6. The summed E-state index contributed by atoms with van der Waals surface area (Å²) < 4.78 is 0. The minimum atomic E-state index is -0.0750. The number of benzene rings is 1. The molecule has 1 aliphatic heterocycles. The Bertz CT molecular complexity index is 505. The second-order valence-electron chi connectivity index (χ2n) is 5.66. The van der Waals surface area contributed by atoms with Gasteiger partial charge >= 0.3 is 0 Å². The maximum atomic E-state index is 8.84. The van der Waals surface area contributed by atoms with E-state index in [-0.39, 0.29) is 6.61 Å². The third kappa shape index (κ3) is 3.40. The molecule has 3 nitrogen and oxygen atoms in total. The highest BCUT2D eigenvalue weighted by Gasteiger charge is 2.31. The van der Waals surface area contributed by atoms with E-state index in [0.717, 1.165) is 31.2 Å². The molecule has 106 valence electrons. The summed E-state index contributed by atoms with van der Waals surface area (Å²) in [6.45, 7) is 5.60. The quantitative estimate of drug-likeness (QED) is 0.839. The van der Waals surface area contributed by atoms with E-state index >= 15 is 0 Å². The van der Waals surface area contributed by atoms with E-state index in [1.807, 2.05) is 12.1 Å². The van der Waals surface area contributed by atoms with Gasteiger partial charge in [-0.25, -0.2) is 0 Å². The first-order valence-corrected chi connectivity index (χ1v) is 7.51. The molecule has 0 aromatic heterocycles. The fourth-order valence-corrected chi connectivity index (χ4v) is 2.88. The summed E-state index contributed by atoms with van der Waals surface area (Å²) in [5.74, 6) is 5.80. The van der Waals surface area contributed by atoms with Crippen molar-refractivity contribution in [2.24, 2.45) is 0 Å². The molecule has 3 heteroatoms. The molecular weight excluding hydrogens is 248 g/mol. The lowest BCUT2D eigenvalue weighted by Crippen LogP contribution is -2.46. The summed E-state index contributed by atoms with van der Waals surface area (Å²) in [6.07, 6.45) is 2.80. The normalized spacial score (nSPS) is 20.4. The Balaban J connectivity index is 1.60. The minimum absolute atomic E-state index is 0.0750. The molecule has 0 unspecified atom stereocenters. The Labute approximate surface area is 121 Å². The molecule has 0 radical (unpaired) electrons. The number of aliphatic hydroxyl groups is 1. The number of hydrogen-bond acceptors (Lipinski definition) is 3. The highest BCUT2D eigenvalue weighted by Crippen LogP contribution is 2.27. The van der Waals surface area contributed by atoms with Crippen LogP contribution in [0.2, 0.25) is 0 Å². The monoisotopic (exact) mass is 270 g/mol. The van der Waals surface area contributed by atoms with Gasteiger partial charge in [0.1, 0.15) is 6.61 Å². The topological polar surface area (TPSA) is 26.7 Å². The van der Waals surface area contributed by atoms with Crippen LogP contribution in [0.1, 0.15) is 24.0 Å². The summed E-state index contributed by atoms with van der Waals surface area (Å²) in [7, 11) is 0. The number of hydrogen-bond donors (Lipinski definition) is 1. The van der Waals surface area contributed by atoms with E-state index in [9.17, 15) is 0 Å². The number of nitrogens with zero attached hydrogens (tertiary/aromatic N) is 2. The van der Waals surface area contributed by atoms with Gasteiger partial charge in [-0.3, -0.25) is 9.80 Å². The van der Waals surface area contributed by atoms with E-state index in [1.165, 1.54) is 31.5 Å². The third-order valence-corrected chi connectivity index (χ3v) is 4.18. The van der Waals surface area contributed by atoms with Crippen LogP contribution < -0.4 is 0 Å². The smallest absolute Gasteiger partial charge is 0.104 e. The van der Waals surface area contributed by atoms with Crippen molar-refractivity contribution in [2.45, 2.75) is 25.4 Å². The van der Waals surface area contributed by atoms with Crippen LogP contribution in [0.3, 0.4) is 0 Å². The summed E-state index contributed by atoms with van der Waals surface area (Å²) >= 11 is 0. The fraction of sp³-hybridized carbons (Fsp3) is 0.529. The summed E-state index contributed by atoms with van der Waals surface area (Å²) in [5.41, 5.74) is 2.32. The Morgan fingerprint density at radius 3 is 2.55 bits per heavy atom. The van der Waals surface area contributed by atoms with Gasteiger partial charge in [0.15, 0.2) is 0 Å². The second kappa shape index (κ2) is 6.41. The van der Waals surface area contributed by atoms with Crippen molar-refractivity contribution in [3.05, 3.63) is 35.4 Å². The van der Waals surface area contributed by atoms with Crippen LogP contribution in [0.5, 0.6) is 0 Å². The van der Waals surface area contributed by atoms with Crippen molar-refractivity contribution >= 4 is 0 Å². The van der Waals surface area contributed by atoms with Crippen LogP contribution in [0.25, 0.3) is 0 Å². The molecule has 1 saturated carbocycles. The lowest BCUT2D eigenvalue weighted by molar-refractivity contribution is 0.121. The van der Waals surface area contributed by atoms with Crippen molar-refractivity contribution in [3.8, 4) is 11.8 Å². The molecule has 0 spiro atoms. The zero-order valence-corrected chi connectivity index (χ0v) is 11.9. The van der Waals surface area contributed by atoms with Crippen molar-refractivity contribution in [2.75, 3.05) is 32.8 Å². The predicted octanol–water partition coefficient (Wildman–Crippen LogP) is 1.31. The van der Waals surface area contributed by atoms with Crippen LogP contribution in [-0.2, 0) is 6.54 Å². The van der Waals surface area contributed by atoms with Crippen molar-refractivity contribution in [3.63, 3.8) is 0 Å². The molecule has 1 aliphatic carbocycles. The molecule has 1 aromatic carbocycles. The van der Waals surface area contributed by atoms with Crippen LogP contribution >= 0.6 is 0 Å². The summed E-state index contributed by atoms with van der Waals surface area (Å²) in [4.78, 5) is 5.15. The van der Waals surface area contributed by atoms with Crippen LogP contribution in [0, 0.1) is 11.8 Å². The number of rotatable bonds is 3. The average Bonchev–Trinajstić information content (AvgIpc) is 3.32. The first-order valence-electron chi connectivity index (χ1n) is 7.51. The maximum absolute atomic E-state index is 8.84. The van der Waals surface area contributed by atoms with Crippen LogP contribution in [-0.4, -0.2) is 53.7 Å². The highest BCUT2D eigenvalue weighted by molar-refractivity contribution is 5.41. The van der Waals surface area contributed by atoms with Crippen molar-refractivity contribution in [1.82, 2.24) is 9.80 Å². The van der Waals surface area contributed by atoms with Crippen LogP contribution in [0.15, 0.2) is 24.3 Å². The Morgan fingerprint density at radius 2 is 1.85 bits per heavy atom. The second-order valence-corrected chi connectivity index (χ2v) is 5.66. The van der Waals surface area contributed by atoms with Gasteiger partial charge in [0.05, 0.1) is 0 Å². The molecule has 1 aromatic rings. The van der Waals surface area contributed by atoms with Crippen molar-refractivity contribution in [1.29, 1.82) is 0 Å². The van der Waals surface area contributed by atoms with Gasteiger partial charge in [-0.05, 0) is 24.5 Å². The van der Waals surface area contributed by atoms with Crippen LogP contribution in [0.4, 0.5) is 0 Å². The summed E-state index contributed by atoms with van der Waals surface area (Å²) in [5, 5.41) is 8.84. The average molecular weight is 270 g/mol. The highest BCUT2D eigenvalue weighted by atomic mass is 16.2. The van der Waals surface area contributed by atoms with Gasteiger partial charge in [-0.1, -0.05) is 30.0 Å². The maximum Gasteiger partial charge on any atom is 0.104 e. The zero-order valence-electron chi connectivity index (χ0n) is 11.9. The van der Waals surface area contributed by atoms with Crippen molar-refractivity contribution < 1.29 is 5.11 Å². The van der Waals surface area contributed by atoms with Gasteiger partial charge in [0, 0.05) is 44.3 Å². The standard InChI is InChI=1S/C17H22N2O/c20-13-3-6-15-4-1-2-5-16(15)14-18-9-11-19(12-10-18)17-7-8-17/h1-2,4-5,17,20H,7-14H2. The molecule has 1 N–H and O–H groups in total. The van der Waals surface area contributed by atoms with E-state index in [1.54, 1.807) is 0 Å². The minimum Gasteiger partial charge on any atom is -0.384 e. The molecule has 2 aliphatic rings. The Hall–Kier alpha value is -1.34. The SMILES string of the molecule is OCC#Cc1ccccc1CN1CCN(C2CC2)CC1.